The first kappa shape index (κ1) is 10.6. The summed E-state index contributed by atoms with van der Waals surface area (Å²) in [5.74, 6) is -0.440. The van der Waals surface area contributed by atoms with E-state index < -0.39 is 5.82 Å². The molecule has 2 aromatic carbocycles. The maximum absolute atomic E-state index is 13.3. The van der Waals surface area contributed by atoms with Crippen molar-refractivity contribution in [2.45, 2.75) is 6.61 Å². The Labute approximate surface area is 93.2 Å². The Kier molecular flexibility index (Phi) is 2.88. The molecule has 0 spiro atoms. The third-order valence-electron chi connectivity index (χ3n) is 2.50. The second-order valence-electron chi connectivity index (χ2n) is 3.55. The second-order valence-corrected chi connectivity index (χ2v) is 3.55. The van der Waals surface area contributed by atoms with E-state index >= 15 is 0 Å². The number of hydrogen-bond acceptors (Lipinski definition) is 2. The van der Waals surface area contributed by atoms with Crippen LogP contribution < -0.4 is 5.73 Å². The maximum atomic E-state index is 13.3. The van der Waals surface area contributed by atoms with Crippen LogP contribution in [0, 0.1) is 5.82 Å². The van der Waals surface area contributed by atoms with Crippen molar-refractivity contribution >= 4 is 5.69 Å². The molecule has 0 aliphatic rings. The number of aliphatic hydroxyl groups excluding tert-OH is 1. The first-order chi connectivity index (χ1) is 7.72. The molecule has 2 aromatic rings. The van der Waals surface area contributed by atoms with Crippen LogP contribution in [0.5, 0.6) is 0 Å². The van der Waals surface area contributed by atoms with E-state index in [2.05, 4.69) is 0 Å². The minimum Gasteiger partial charge on any atom is -0.396 e. The summed E-state index contributed by atoms with van der Waals surface area (Å²) >= 11 is 0. The highest BCUT2D eigenvalue weighted by atomic mass is 19.1. The normalized spacial score (nSPS) is 10.4. The van der Waals surface area contributed by atoms with Crippen LogP contribution in [0.15, 0.2) is 42.5 Å². The Hall–Kier alpha value is -1.87. The van der Waals surface area contributed by atoms with Gasteiger partial charge in [0.05, 0.1) is 12.3 Å². The molecule has 2 nitrogen and oxygen atoms in total. The number of aliphatic hydroxyl groups is 1. The Morgan fingerprint density at radius 3 is 2.56 bits per heavy atom. The minimum atomic E-state index is -0.440. The van der Waals surface area contributed by atoms with Crippen LogP contribution in [0.1, 0.15) is 5.56 Å². The first-order valence-electron chi connectivity index (χ1n) is 4.96. The highest BCUT2D eigenvalue weighted by Crippen LogP contribution is 2.26. The molecule has 0 aromatic heterocycles. The molecule has 0 saturated carbocycles. The lowest BCUT2D eigenvalue weighted by Crippen LogP contribution is -1.93. The third-order valence-corrected chi connectivity index (χ3v) is 2.50. The monoisotopic (exact) mass is 217 g/mol. The topological polar surface area (TPSA) is 46.2 Å². The SMILES string of the molecule is Nc1ccc(-c2ccccc2CO)cc1F. The number of nitrogens with two attached hydrogens (primary N) is 1. The number of hydrogen-bond donors (Lipinski definition) is 2. The van der Waals surface area contributed by atoms with Crippen molar-refractivity contribution in [3.8, 4) is 11.1 Å². The van der Waals surface area contributed by atoms with Gasteiger partial charge in [0.25, 0.3) is 0 Å². The van der Waals surface area contributed by atoms with Gasteiger partial charge in [-0.3, -0.25) is 0 Å². The summed E-state index contributed by atoms with van der Waals surface area (Å²) < 4.78 is 13.3. The van der Waals surface area contributed by atoms with E-state index in [0.29, 0.717) is 0 Å². The highest BCUT2D eigenvalue weighted by Gasteiger charge is 2.06. The summed E-state index contributed by atoms with van der Waals surface area (Å²) in [7, 11) is 0. The largest absolute Gasteiger partial charge is 0.396 e. The van der Waals surface area contributed by atoms with Crippen LogP contribution in [0.2, 0.25) is 0 Å². The molecule has 0 fully saturated rings. The fourth-order valence-electron chi connectivity index (χ4n) is 1.63. The quantitative estimate of drug-likeness (QED) is 0.759. The second kappa shape index (κ2) is 4.33. The van der Waals surface area contributed by atoms with E-state index in [-0.39, 0.29) is 12.3 Å². The average Bonchev–Trinajstić information content (AvgIpc) is 2.32. The summed E-state index contributed by atoms with van der Waals surface area (Å²) in [6.07, 6.45) is 0. The molecule has 0 aliphatic carbocycles. The molecular formula is C13H12FNO. The zero-order valence-electron chi connectivity index (χ0n) is 8.65. The minimum absolute atomic E-state index is 0.0673. The van der Waals surface area contributed by atoms with E-state index in [1.54, 1.807) is 6.07 Å². The highest BCUT2D eigenvalue weighted by molar-refractivity contribution is 5.69. The Bertz CT molecular complexity index is 511. The van der Waals surface area contributed by atoms with Crippen molar-refractivity contribution in [1.29, 1.82) is 0 Å². The summed E-state index contributed by atoms with van der Waals surface area (Å²) in [4.78, 5) is 0. The third kappa shape index (κ3) is 1.90. The zero-order valence-corrected chi connectivity index (χ0v) is 8.65. The van der Waals surface area contributed by atoms with E-state index in [9.17, 15) is 9.50 Å². The van der Waals surface area contributed by atoms with Gasteiger partial charge in [0.15, 0.2) is 0 Å². The maximum Gasteiger partial charge on any atom is 0.146 e. The van der Waals surface area contributed by atoms with Crippen LogP contribution in [0.25, 0.3) is 11.1 Å². The van der Waals surface area contributed by atoms with Crippen LogP contribution in [-0.4, -0.2) is 5.11 Å². The molecule has 0 unspecified atom stereocenters. The standard InChI is InChI=1S/C13H12FNO/c14-12-7-9(5-6-13(12)15)11-4-2-1-3-10(11)8-16/h1-7,16H,8,15H2. The number of anilines is 1. The van der Waals surface area contributed by atoms with Crippen LogP contribution >= 0.6 is 0 Å². The molecule has 3 heteroatoms. The molecule has 0 atom stereocenters. The number of benzene rings is 2. The molecule has 0 bridgehead atoms. The van der Waals surface area contributed by atoms with Crippen molar-refractivity contribution < 1.29 is 9.50 Å². The molecule has 3 N–H and O–H groups in total. The average molecular weight is 217 g/mol. The van der Waals surface area contributed by atoms with Crippen molar-refractivity contribution in [2.75, 3.05) is 5.73 Å². The summed E-state index contributed by atoms with van der Waals surface area (Å²) in [6.45, 7) is -0.0673. The van der Waals surface area contributed by atoms with Gasteiger partial charge in [-0.25, -0.2) is 4.39 Å². The van der Waals surface area contributed by atoms with Gasteiger partial charge < -0.3 is 10.8 Å². The molecule has 0 heterocycles. The van der Waals surface area contributed by atoms with Crippen LogP contribution in [0.4, 0.5) is 10.1 Å². The van der Waals surface area contributed by atoms with Gasteiger partial charge in [-0.1, -0.05) is 30.3 Å². The molecule has 2 rings (SSSR count). The van der Waals surface area contributed by atoms with E-state index in [1.807, 2.05) is 24.3 Å². The Morgan fingerprint density at radius 1 is 1.12 bits per heavy atom. The molecule has 82 valence electrons. The van der Waals surface area contributed by atoms with Crippen LogP contribution in [-0.2, 0) is 6.61 Å². The van der Waals surface area contributed by atoms with Crippen molar-refractivity contribution in [3.63, 3.8) is 0 Å². The van der Waals surface area contributed by atoms with E-state index in [4.69, 9.17) is 5.73 Å². The van der Waals surface area contributed by atoms with Gasteiger partial charge in [-0.2, -0.15) is 0 Å². The zero-order chi connectivity index (χ0) is 11.5. The fourth-order valence-corrected chi connectivity index (χ4v) is 1.63. The van der Waals surface area contributed by atoms with Gasteiger partial charge in [0.2, 0.25) is 0 Å². The molecular weight excluding hydrogens is 205 g/mol. The van der Waals surface area contributed by atoms with Gasteiger partial charge in [-0.15, -0.1) is 0 Å². The van der Waals surface area contributed by atoms with Crippen molar-refractivity contribution in [3.05, 3.63) is 53.8 Å². The Morgan fingerprint density at radius 2 is 1.88 bits per heavy atom. The summed E-state index contributed by atoms with van der Waals surface area (Å²) in [5.41, 5.74) is 7.85. The van der Waals surface area contributed by atoms with Crippen molar-refractivity contribution in [1.82, 2.24) is 0 Å². The van der Waals surface area contributed by atoms with E-state index in [1.165, 1.54) is 12.1 Å². The summed E-state index contributed by atoms with van der Waals surface area (Å²) in [5, 5.41) is 9.19. The molecule has 16 heavy (non-hydrogen) atoms. The molecule has 0 saturated heterocycles. The fraction of sp³-hybridized carbons (Fsp3) is 0.0769. The molecule has 0 amide bonds. The Balaban J connectivity index is 2.54. The predicted octanol–water partition coefficient (Wildman–Crippen LogP) is 2.57. The van der Waals surface area contributed by atoms with Crippen molar-refractivity contribution in [2.24, 2.45) is 0 Å². The first-order valence-corrected chi connectivity index (χ1v) is 4.96. The van der Waals surface area contributed by atoms with Gasteiger partial charge >= 0.3 is 0 Å². The number of halogens is 1. The van der Waals surface area contributed by atoms with Gasteiger partial charge in [-0.05, 0) is 28.8 Å². The van der Waals surface area contributed by atoms with E-state index in [0.717, 1.165) is 16.7 Å². The molecule has 0 aliphatic heterocycles. The number of rotatable bonds is 2. The van der Waals surface area contributed by atoms with Crippen LogP contribution in [0.3, 0.4) is 0 Å². The predicted molar refractivity (Wildman–Crippen MR) is 62.2 cm³/mol. The van der Waals surface area contributed by atoms with Gasteiger partial charge in [0.1, 0.15) is 5.82 Å². The van der Waals surface area contributed by atoms with Gasteiger partial charge in [0, 0.05) is 0 Å². The lowest BCUT2D eigenvalue weighted by Gasteiger charge is -2.08. The number of nitrogen functional groups attached to an aromatic ring is 1. The smallest absolute Gasteiger partial charge is 0.146 e. The summed E-state index contributed by atoms with van der Waals surface area (Å²) in [6, 6.07) is 12.0. The molecule has 0 radical (unpaired) electrons. The lowest BCUT2D eigenvalue weighted by atomic mass is 10.00. The lowest BCUT2D eigenvalue weighted by molar-refractivity contribution is 0.282.